The lowest BCUT2D eigenvalue weighted by Crippen LogP contribution is -2.17. The van der Waals surface area contributed by atoms with Gasteiger partial charge >= 0.3 is 0 Å². The van der Waals surface area contributed by atoms with Crippen LogP contribution in [0.1, 0.15) is 33.0 Å². The summed E-state index contributed by atoms with van der Waals surface area (Å²) >= 11 is 6.35. The number of anilines is 1. The van der Waals surface area contributed by atoms with Crippen LogP contribution in [0.4, 0.5) is 5.69 Å². The molecule has 0 saturated carbocycles. The van der Waals surface area contributed by atoms with Gasteiger partial charge in [-0.2, -0.15) is 0 Å². The zero-order valence-electron chi connectivity index (χ0n) is 13.4. The Hall–Kier alpha value is -1.65. The molecule has 0 bridgehead atoms. The molecule has 0 atom stereocenters. The van der Waals surface area contributed by atoms with E-state index in [1.54, 1.807) is 0 Å². The van der Waals surface area contributed by atoms with Crippen LogP contribution in [0.2, 0.25) is 5.02 Å². The lowest BCUT2D eigenvalue weighted by atomic mass is 9.95. The Labute approximate surface area is 137 Å². The molecule has 5 heteroatoms. The van der Waals surface area contributed by atoms with Crippen molar-refractivity contribution >= 4 is 17.3 Å². The second-order valence-electron chi connectivity index (χ2n) is 6.25. The molecule has 1 aromatic carbocycles. The fourth-order valence-electron chi connectivity index (χ4n) is 2.06. The second-order valence-corrected chi connectivity index (χ2v) is 6.66. The number of aromatic nitrogens is 2. The first-order chi connectivity index (χ1) is 10.4. The van der Waals surface area contributed by atoms with Gasteiger partial charge < -0.3 is 11.1 Å². The Morgan fingerprint density at radius 2 is 1.95 bits per heavy atom. The molecule has 0 aliphatic carbocycles. The molecule has 0 radical (unpaired) electrons. The van der Waals surface area contributed by atoms with Crippen molar-refractivity contribution in [1.82, 2.24) is 9.97 Å². The third-order valence-corrected chi connectivity index (χ3v) is 3.61. The van der Waals surface area contributed by atoms with Crippen LogP contribution in [0.25, 0.3) is 11.3 Å². The average Bonchev–Trinajstić information content (AvgIpc) is 2.47. The predicted molar refractivity (Wildman–Crippen MR) is 93.3 cm³/mol. The van der Waals surface area contributed by atoms with E-state index in [0.29, 0.717) is 11.6 Å². The highest BCUT2D eigenvalue weighted by Crippen LogP contribution is 2.33. The van der Waals surface area contributed by atoms with E-state index in [2.05, 4.69) is 31.1 Å². The van der Waals surface area contributed by atoms with Crippen molar-refractivity contribution in [3.05, 3.63) is 41.3 Å². The molecule has 0 amide bonds. The quantitative estimate of drug-likeness (QED) is 0.822. The maximum absolute atomic E-state index is 6.35. The SMILES string of the molecule is CC(C)(C)c1ncc(NCCCN)c(-c2ccccc2Cl)n1. The van der Waals surface area contributed by atoms with E-state index < -0.39 is 0 Å². The monoisotopic (exact) mass is 318 g/mol. The molecule has 0 fully saturated rings. The number of halogens is 1. The van der Waals surface area contributed by atoms with Crippen LogP contribution in [0, 0.1) is 0 Å². The predicted octanol–water partition coefficient (Wildman–Crippen LogP) is 3.86. The third kappa shape index (κ3) is 3.96. The average molecular weight is 319 g/mol. The zero-order valence-corrected chi connectivity index (χ0v) is 14.1. The van der Waals surface area contributed by atoms with Gasteiger partial charge in [-0.3, -0.25) is 0 Å². The maximum atomic E-state index is 6.35. The number of nitrogens with zero attached hydrogens (tertiary/aromatic N) is 2. The molecule has 22 heavy (non-hydrogen) atoms. The molecule has 118 valence electrons. The first-order valence-electron chi connectivity index (χ1n) is 7.50. The van der Waals surface area contributed by atoms with Crippen LogP contribution in [-0.4, -0.2) is 23.1 Å². The van der Waals surface area contributed by atoms with Gasteiger partial charge in [0.1, 0.15) is 5.82 Å². The summed E-state index contributed by atoms with van der Waals surface area (Å²) in [6, 6.07) is 7.73. The van der Waals surface area contributed by atoms with Crippen LogP contribution in [0.3, 0.4) is 0 Å². The molecule has 0 aliphatic rings. The fourth-order valence-corrected chi connectivity index (χ4v) is 2.28. The van der Waals surface area contributed by atoms with Crippen molar-refractivity contribution in [1.29, 1.82) is 0 Å². The minimum atomic E-state index is -0.119. The molecule has 0 aliphatic heterocycles. The summed E-state index contributed by atoms with van der Waals surface area (Å²) < 4.78 is 0. The molecule has 0 unspecified atom stereocenters. The summed E-state index contributed by atoms with van der Waals surface area (Å²) in [5, 5.41) is 4.04. The van der Waals surface area contributed by atoms with Gasteiger partial charge in [-0.1, -0.05) is 50.6 Å². The van der Waals surface area contributed by atoms with E-state index in [1.165, 1.54) is 0 Å². The van der Waals surface area contributed by atoms with Gasteiger partial charge in [0.25, 0.3) is 0 Å². The standard InChI is InChI=1S/C17H23ClN4/c1-17(2,3)16-21-11-14(20-10-6-9-19)15(22-16)12-7-4-5-8-13(12)18/h4-5,7-8,11,20H,6,9-10,19H2,1-3H3. The lowest BCUT2D eigenvalue weighted by molar-refractivity contribution is 0.546. The summed E-state index contributed by atoms with van der Waals surface area (Å²) in [5.41, 5.74) is 8.06. The van der Waals surface area contributed by atoms with Crippen LogP contribution in [0.15, 0.2) is 30.5 Å². The summed E-state index contributed by atoms with van der Waals surface area (Å²) in [4.78, 5) is 9.26. The Bertz CT molecular complexity index is 635. The van der Waals surface area contributed by atoms with Gasteiger partial charge in [0.05, 0.1) is 22.6 Å². The van der Waals surface area contributed by atoms with E-state index in [9.17, 15) is 0 Å². The van der Waals surface area contributed by atoms with Gasteiger partial charge in [0.2, 0.25) is 0 Å². The summed E-state index contributed by atoms with van der Waals surface area (Å²) in [7, 11) is 0. The molecular weight excluding hydrogens is 296 g/mol. The van der Waals surface area contributed by atoms with E-state index in [1.807, 2.05) is 30.5 Å². The van der Waals surface area contributed by atoms with Crippen LogP contribution < -0.4 is 11.1 Å². The van der Waals surface area contributed by atoms with Gasteiger partial charge in [0.15, 0.2) is 0 Å². The number of hydrogen-bond donors (Lipinski definition) is 2. The van der Waals surface area contributed by atoms with Gasteiger partial charge in [-0.15, -0.1) is 0 Å². The Morgan fingerprint density at radius 3 is 2.59 bits per heavy atom. The van der Waals surface area contributed by atoms with E-state index in [-0.39, 0.29) is 5.41 Å². The number of hydrogen-bond acceptors (Lipinski definition) is 4. The van der Waals surface area contributed by atoms with E-state index in [4.69, 9.17) is 22.3 Å². The molecule has 1 aromatic heterocycles. The molecule has 0 saturated heterocycles. The Balaban J connectivity index is 2.48. The number of nitrogens with two attached hydrogens (primary N) is 1. The molecule has 4 nitrogen and oxygen atoms in total. The molecular formula is C17H23ClN4. The van der Waals surface area contributed by atoms with Crippen molar-refractivity contribution < 1.29 is 0 Å². The molecule has 2 rings (SSSR count). The first-order valence-corrected chi connectivity index (χ1v) is 7.87. The van der Waals surface area contributed by atoms with Gasteiger partial charge in [0, 0.05) is 17.5 Å². The van der Waals surface area contributed by atoms with Crippen LogP contribution in [0.5, 0.6) is 0 Å². The van der Waals surface area contributed by atoms with Crippen LogP contribution in [-0.2, 0) is 5.41 Å². The van der Waals surface area contributed by atoms with Gasteiger partial charge in [-0.25, -0.2) is 9.97 Å². The number of nitrogens with one attached hydrogen (secondary N) is 1. The second kappa shape index (κ2) is 7.07. The normalized spacial score (nSPS) is 11.5. The van der Waals surface area contributed by atoms with Crippen molar-refractivity contribution in [2.24, 2.45) is 5.73 Å². The highest BCUT2D eigenvalue weighted by molar-refractivity contribution is 6.33. The molecule has 3 N–H and O–H groups in total. The lowest BCUT2D eigenvalue weighted by Gasteiger charge is -2.19. The first kappa shape index (κ1) is 16.7. The summed E-state index contributed by atoms with van der Waals surface area (Å²) in [6.07, 6.45) is 2.73. The largest absolute Gasteiger partial charge is 0.382 e. The number of rotatable bonds is 5. The highest BCUT2D eigenvalue weighted by atomic mass is 35.5. The van der Waals surface area contributed by atoms with Crippen LogP contribution >= 0.6 is 11.6 Å². The molecule has 2 aromatic rings. The summed E-state index contributed by atoms with van der Waals surface area (Å²) in [6.45, 7) is 7.72. The van der Waals surface area contributed by atoms with Gasteiger partial charge in [-0.05, 0) is 19.0 Å². The summed E-state index contributed by atoms with van der Waals surface area (Å²) in [5.74, 6) is 0.798. The van der Waals surface area contributed by atoms with E-state index >= 15 is 0 Å². The third-order valence-electron chi connectivity index (χ3n) is 3.28. The van der Waals surface area contributed by atoms with Crippen molar-refractivity contribution in [2.75, 3.05) is 18.4 Å². The Morgan fingerprint density at radius 1 is 1.23 bits per heavy atom. The minimum Gasteiger partial charge on any atom is -0.382 e. The molecule has 0 spiro atoms. The minimum absolute atomic E-state index is 0.119. The topological polar surface area (TPSA) is 63.8 Å². The fraction of sp³-hybridized carbons (Fsp3) is 0.412. The number of benzene rings is 1. The molecule has 1 heterocycles. The van der Waals surface area contributed by atoms with Crippen molar-refractivity contribution in [3.8, 4) is 11.3 Å². The Kier molecular flexibility index (Phi) is 5.37. The van der Waals surface area contributed by atoms with E-state index in [0.717, 1.165) is 35.7 Å². The highest BCUT2D eigenvalue weighted by Gasteiger charge is 2.20. The zero-order chi connectivity index (χ0) is 16.2. The smallest absolute Gasteiger partial charge is 0.134 e. The van der Waals surface area contributed by atoms with Crippen molar-refractivity contribution in [2.45, 2.75) is 32.6 Å². The van der Waals surface area contributed by atoms with Crippen molar-refractivity contribution in [3.63, 3.8) is 0 Å². The maximum Gasteiger partial charge on any atom is 0.134 e.